The topological polar surface area (TPSA) is 115 Å². The summed E-state index contributed by atoms with van der Waals surface area (Å²) in [6.07, 6.45) is 0.487. The lowest BCUT2D eigenvalue weighted by Crippen LogP contribution is -2.15. The van der Waals surface area contributed by atoms with Crippen LogP contribution in [-0.4, -0.2) is 17.7 Å². The van der Waals surface area contributed by atoms with Crippen LogP contribution >= 0.6 is 24.8 Å². The van der Waals surface area contributed by atoms with Crippen molar-refractivity contribution in [2.24, 2.45) is 16.5 Å². The van der Waals surface area contributed by atoms with Gasteiger partial charge < -0.3 is 20.3 Å². The molecule has 0 aliphatic rings. The van der Waals surface area contributed by atoms with Gasteiger partial charge in [0.05, 0.1) is 6.42 Å². The molecule has 0 aliphatic heterocycles. The first-order valence-electron chi connectivity index (χ1n) is 9.13. The lowest BCUT2D eigenvalue weighted by molar-refractivity contribution is 0.512. The molecule has 0 atom stereocenters. The first-order valence-corrected chi connectivity index (χ1v) is 9.13. The molecule has 2 heterocycles. The third kappa shape index (κ3) is 4.45. The molecule has 0 saturated heterocycles. The minimum absolute atomic E-state index is 0. The summed E-state index contributed by atoms with van der Waals surface area (Å²) in [7, 11) is 0. The molecule has 0 fully saturated rings. The van der Waals surface area contributed by atoms with Crippen LogP contribution in [0.5, 0.6) is 0 Å². The Hall–Kier alpha value is -2.96. The summed E-state index contributed by atoms with van der Waals surface area (Å²) in [6.45, 7) is 3.98. The zero-order valence-corrected chi connectivity index (χ0v) is 18.3. The van der Waals surface area contributed by atoms with E-state index < -0.39 is 0 Å². The maximum atomic E-state index is 7.73. The normalized spacial score (nSPS) is 11.5. The van der Waals surface area contributed by atoms with E-state index in [9.17, 15) is 0 Å². The van der Waals surface area contributed by atoms with Gasteiger partial charge in [0, 0.05) is 27.9 Å². The zero-order valence-electron chi connectivity index (χ0n) is 16.6. The lowest BCUT2D eigenvalue weighted by Gasteiger charge is -2.04. The summed E-state index contributed by atoms with van der Waals surface area (Å²) in [6, 6.07) is 15.3. The molecule has 2 aromatic heterocycles. The number of rotatable bonds is 5. The predicted octanol–water partition coefficient (Wildman–Crippen LogP) is 5.01. The van der Waals surface area contributed by atoms with Crippen LogP contribution in [0.4, 0.5) is 0 Å². The maximum absolute atomic E-state index is 7.73. The molecule has 0 amide bonds. The zero-order chi connectivity index (χ0) is 19.8. The Bertz CT molecular complexity index is 1220. The van der Waals surface area contributed by atoms with Crippen LogP contribution in [-0.2, 0) is 6.42 Å². The van der Waals surface area contributed by atoms with E-state index in [1.165, 1.54) is 0 Å². The molecule has 0 aliphatic carbocycles. The van der Waals surface area contributed by atoms with E-state index >= 15 is 0 Å². The number of hydrogen-bond donors (Lipinski definition) is 3. The van der Waals surface area contributed by atoms with Crippen molar-refractivity contribution >= 4 is 58.4 Å². The van der Waals surface area contributed by atoms with Crippen LogP contribution in [0.3, 0.4) is 0 Å². The van der Waals surface area contributed by atoms with E-state index in [1.807, 2.05) is 62.4 Å². The number of amidine groups is 2. The van der Waals surface area contributed by atoms with Crippen molar-refractivity contribution in [3.8, 4) is 0 Å². The molecular formula is C22H24Cl2N4O2. The molecule has 4 aromatic rings. The highest BCUT2D eigenvalue weighted by Crippen LogP contribution is 2.28. The van der Waals surface area contributed by atoms with Crippen molar-refractivity contribution in [2.75, 3.05) is 0 Å². The monoisotopic (exact) mass is 446 g/mol. The highest BCUT2D eigenvalue weighted by Gasteiger charge is 2.14. The molecule has 0 unspecified atom stereocenters. The molecule has 2 aromatic carbocycles. The average Bonchev–Trinajstić information content (AvgIpc) is 3.22. The fraction of sp³-hybridized carbons (Fsp3) is 0.182. The SMILES string of the molecule is CC(C)N=C(N)c1cccc2oc(Cc3cc4c(C(=N)N)cccc4o3)cc12.Cl.Cl. The summed E-state index contributed by atoms with van der Waals surface area (Å²) >= 11 is 0. The average molecular weight is 447 g/mol. The van der Waals surface area contributed by atoms with E-state index in [0.29, 0.717) is 23.4 Å². The van der Waals surface area contributed by atoms with Crippen molar-refractivity contribution in [3.63, 3.8) is 0 Å². The molecule has 0 bridgehead atoms. The fourth-order valence-corrected chi connectivity index (χ4v) is 3.38. The first-order chi connectivity index (χ1) is 13.4. The molecule has 30 heavy (non-hydrogen) atoms. The van der Waals surface area contributed by atoms with E-state index in [4.69, 9.17) is 25.7 Å². The van der Waals surface area contributed by atoms with Gasteiger partial charge in [0.15, 0.2) is 0 Å². The minimum atomic E-state index is 0. The molecule has 0 radical (unpaired) electrons. The minimum Gasteiger partial charge on any atom is -0.461 e. The Morgan fingerprint density at radius 3 is 1.90 bits per heavy atom. The van der Waals surface area contributed by atoms with Crippen molar-refractivity contribution in [2.45, 2.75) is 26.3 Å². The molecule has 8 heteroatoms. The number of nitrogens with two attached hydrogens (primary N) is 2. The van der Waals surface area contributed by atoms with Gasteiger partial charge in [-0.3, -0.25) is 10.4 Å². The van der Waals surface area contributed by atoms with Crippen molar-refractivity contribution in [1.29, 1.82) is 5.41 Å². The fourth-order valence-electron chi connectivity index (χ4n) is 3.38. The number of benzene rings is 2. The predicted molar refractivity (Wildman–Crippen MR) is 127 cm³/mol. The van der Waals surface area contributed by atoms with E-state index in [-0.39, 0.29) is 36.7 Å². The molecule has 6 nitrogen and oxygen atoms in total. The van der Waals surface area contributed by atoms with Gasteiger partial charge >= 0.3 is 0 Å². The van der Waals surface area contributed by atoms with Crippen LogP contribution in [0.15, 0.2) is 62.4 Å². The Balaban J connectivity index is 0.00000160. The Kier molecular flexibility index (Phi) is 7.18. The van der Waals surface area contributed by atoms with Gasteiger partial charge in [-0.15, -0.1) is 24.8 Å². The number of hydrogen-bond acceptors (Lipinski definition) is 4. The van der Waals surface area contributed by atoms with Crippen LogP contribution in [0.25, 0.3) is 21.9 Å². The quantitative estimate of drug-likeness (QED) is 0.295. The van der Waals surface area contributed by atoms with E-state index in [0.717, 1.165) is 33.4 Å². The number of aliphatic imine (C=N–C) groups is 1. The van der Waals surface area contributed by atoms with Crippen LogP contribution in [0.2, 0.25) is 0 Å². The van der Waals surface area contributed by atoms with Crippen LogP contribution in [0.1, 0.15) is 36.5 Å². The third-order valence-corrected chi connectivity index (χ3v) is 4.54. The van der Waals surface area contributed by atoms with Gasteiger partial charge in [0.1, 0.15) is 34.4 Å². The smallest absolute Gasteiger partial charge is 0.135 e. The lowest BCUT2D eigenvalue weighted by atomic mass is 10.1. The number of nitrogens with one attached hydrogen (secondary N) is 1. The highest BCUT2D eigenvalue weighted by atomic mass is 35.5. The highest BCUT2D eigenvalue weighted by molar-refractivity contribution is 6.08. The molecule has 158 valence electrons. The van der Waals surface area contributed by atoms with Gasteiger partial charge in [0.2, 0.25) is 0 Å². The van der Waals surface area contributed by atoms with Crippen molar-refractivity contribution in [3.05, 3.63) is 71.2 Å². The van der Waals surface area contributed by atoms with E-state index in [2.05, 4.69) is 4.99 Å². The maximum Gasteiger partial charge on any atom is 0.135 e. The van der Waals surface area contributed by atoms with Gasteiger partial charge in [-0.25, -0.2) is 0 Å². The second kappa shape index (κ2) is 9.24. The number of fused-ring (bicyclic) bond motifs is 2. The van der Waals surface area contributed by atoms with Crippen LogP contribution in [0, 0.1) is 5.41 Å². The summed E-state index contributed by atoms with van der Waals surface area (Å²) in [4.78, 5) is 4.45. The second-order valence-corrected chi connectivity index (χ2v) is 7.06. The summed E-state index contributed by atoms with van der Waals surface area (Å²) in [5, 5.41) is 9.49. The van der Waals surface area contributed by atoms with Crippen LogP contribution < -0.4 is 11.5 Å². The molecule has 5 N–H and O–H groups in total. The van der Waals surface area contributed by atoms with Gasteiger partial charge in [-0.2, -0.15) is 0 Å². The Labute approximate surface area is 186 Å². The summed E-state index contributed by atoms with van der Waals surface area (Å²) in [5.41, 5.74) is 14.8. The molecule has 0 spiro atoms. The number of halogens is 2. The van der Waals surface area contributed by atoms with Gasteiger partial charge in [-0.1, -0.05) is 24.3 Å². The van der Waals surface area contributed by atoms with Crippen molar-refractivity contribution in [1.82, 2.24) is 0 Å². The van der Waals surface area contributed by atoms with E-state index in [1.54, 1.807) is 0 Å². The first kappa shape index (κ1) is 23.3. The summed E-state index contributed by atoms with van der Waals surface area (Å²) < 4.78 is 11.9. The largest absolute Gasteiger partial charge is 0.461 e. The number of nitrogen functional groups attached to an aromatic ring is 1. The molecular weight excluding hydrogens is 423 g/mol. The van der Waals surface area contributed by atoms with Gasteiger partial charge in [0.25, 0.3) is 0 Å². The molecule has 0 saturated carbocycles. The van der Waals surface area contributed by atoms with Crippen molar-refractivity contribution < 1.29 is 8.83 Å². The molecule has 4 rings (SSSR count). The number of furan rings is 2. The standard InChI is InChI=1S/C22H22N4O2.2ClH/c1-12(2)26-22(25)16-6-4-8-20-18(16)11-14(28-20)9-13-10-17-15(21(23)24)5-3-7-19(17)27-13;;/h3-8,10-12H,9H2,1-2H3,(H3,23,24)(H2,25,26);2*1H. The Morgan fingerprint density at radius 2 is 1.40 bits per heavy atom. The number of nitrogens with zero attached hydrogens (tertiary/aromatic N) is 1. The Morgan fingerprint density at radius 1 is 0.900 bits per heavy atom. The third-order valence-electron chi connectivity index (χ3n) is 4.54. The summed E-state index contributed by atoms with van der Waals surface area (Å²) in [5.74, 6) is 2.03. The second-order valence-electron chi connectivity index (χ2n) is 7.06. The van der Waals surface area contributed by atoms with Gasteiger partial charge in [-0.05, 0) is 38.1 Å².